The molecule has 152 valence electrons. The molecule has 0 aliphatic rings. The van der Waals surface area contributed by atoms with Gasteiger partial charge in [-0.15, -0.1) is 0 Å². The fraction of sp³-hybridized carbons (Fsp3) is 0.318. The summed E-state index contributed by atoms with van der Waals surface area (Å²) in [5.41, 5.74) is 1.84. The van der Waals surface area contributed by atoms with Gasteiger partial charge >= 0.3 is 5.97 Å². The molecule has 1 atom stereocenters. The van der Waals surface area contributed by atoms with Gasteiger partial charge in [0.05, 0.1) is 36.2 Å². The third-order valence-electron chi connectivity index (χ3n) is 4.47. The standard InChI is InChI=1S/C22H24N2O4S/c1-15(25)14-24-20(26)18-11-10-17(21(27)28-2)13-19(18)23-22(24)29-12-6-9-16-7-4-3-5-8-16/h3-5,7-8,10-11,13,15,25H,6,9,12,14H2,1-2H3/t15-/m1/s1. The minimum atomic E-state index is -0.676. The molecule has 0 spiro atoms. The summed E-state index contributed by atoms with van der Waals surface area (Å²) in [7, 11) is 1.31. The van der Waals surface area contributed by atoms with Crippen LogP contribution in [0, 0.1) is 0 Å². The normalized spacial score (nSPS) is 12.1. The summed E-state index contributed by atoms with van der Waals surface area (Å²) in [4.78, 5) is 29.4. The highest BCUT2D eigenvalue weighted by Crippen LogP contribution is 2.21. The third-order valence-corrected chi connectivity index (χ3v) is 5.53. The highest BCUT2D eigenvalue weighted by Gasteiger charge is 2.15. The van der Waals surface area contributed by atoms with Gasteiger partial charge in [-0.1, -0.05) is 42.1 Å². The molecule has 0 amide bonds. The van der Waals surface area contributed by atoms with E-state index in [9.17, 15) is 14.7 Å². The Morgan fingerprint density at radius 3 is 2.69 bits per heavy atom. The van der Waals surface area contributed by atoms with Gasteiger partial charge < -0.3 is 9.84 Å². The smallest absolute Gasteiger partial charge is 0.337 e. The van der Waals surface area contributed by atoms with E-state index < -0.39 is 12.1 Å². The molecule has 1 aromatic heterocycles. The number of aliphatic hydroxyl groups is 1. The Labute approximate surface area is 173 Å². The zero-order valence-electron chi connectivity index (χ0n) is 16.5. The van der Waals surface area contributed by atoms with Gasteiger partial charge in [-0.3, -0.25) is 9.36 Å². The Morgan fingerprint density at radius 2 is 2.00 bits per heavy atom. The van der Waals surface area contributed by atoms with Gasteiger partial charge in [-0.2, -0.15) is 0 Å². The van der Waals surface area contributed by atoms with E-state index in [0.717, 1.165) is 18.6 Å². The van der Waals surface area contributed by atoms with Crippen molar-refractivity contribution in [3.63, 3.8) is 0 Å². The van der Waals surface area contributed by atoms with Gasteiger partial charge in [-0.05, 0) is 43.5 Å². The predicted molar refractivity (Wildman–Crippen MR) is 115 cm³/mol. The molecule has 0 saturated heterocycles. The number of methoxy groups -OCH3 is 1. The molecule has 0 radical (unpaired) electrons. The molecule has 3 rings (SSSR count). The summed E-state index contributed by atoms with van der Waals surface area (Å²) in [6, 6.07) is 14.9. The Morgan fingerprint density at radius 1 is 1.24 bits per heavy atom. The van der Waals surface area contributed by atoms with Crippen LogP contribution in [0.1, 0.15) is 29.3 Å². The van der Waals surface area contributed by atoms with E-state index >= 15 is 0 Å². The van der Waals surface area contributed by atoms with Crippen molar-refractivity contribution in [2.24, 2.45) is 0 Å². The number of aryl methyl sites for hydroxylation is 1. The van der Waals surface area contributed by atoms with E-state index in [4.69, 9.17) is 4.74 Å². The van der Waals surface area contributed by atoms with Gasteiger partial charge in [0.25, 0.3) is 5.56 Å². The lowest BCUT2D eigenvalue weighted by atomic mass is 10.1. The second-order valence-electron chi connectivity index (χ2n) is 6.82. The first kappa shape index (κ1) is 21.1. The molecule has 3 aromatic rings. The van der Waals surface area contributed by atoms with Crippen LogP contribution in [0.3, 0.4) is 0 Å². The fourth-order valence-corrected chi connectivity index (χ4v) is 4.01. The van der Waals surface area contributed by atoms with E-state index in [1.54, 1.807) is 25.1 Å². The molecule has 0 bridgehead atoms. The van der Waals surface area contributed by atoms with Crippen LogP contribution in [-0.4, -0.2) is 39.6 Å². The first-order chi connectivity index (χ1) is 14.0. The molecule has 0 aliphatic heterocycles. The quantitative estimate of drug-likeness (QED) is 0.265. The van der Waals surface area contributed by atoms with Crippen LogP contribution in [0.5, 0.6) is 0 Å². The van der Waals surface area contributed by atoms with Gasteiger partial charge in [0, 0.05) is 5.75 Å². The number of ether oxygens (including phenoxy) is 1. The SMILES string of the molecule is COC(=O)c1ccc2c(=O)n(C[C@@H](C)O)c(SCCCc3ccccc3)nc2c1. The Balaban J connectivity index is 1.87. The van der Waals surface area contributed by atoms with Crippen molar-refractivity contribution in [2.75, 3.05) is 12.9 Å². The zero-order chi connectivity index (χ0) is 20.8. The average Bonchev–Trinajstić information content (AvgIpc) is 2.73. The monoisotopic (exact) mass is 412 g/mol. The van der Waals surface area contributed by atoms with Crippen molar-refractivity contribution in [3.05, 3.63) is 70.0 Å². The molecular weight excluding hydrogens is 388 g/mol. The molecule has 29 heavy (non-hydrogen) atoms. The van der Waals surface area contributed by atoms with E-state index in [2.05, 4.69) is 17.1 Å². The highest BCUT2D eigenvalue weighted by molar-refractivity contribution is 7.99. The Kier molecular flexibility index (Phi) is 7.06. The first-order valence-corrected chi connectivity index (χ1v) is 10.5. The van der Waals surface area contributed by atoms with Crippen LogP contribution in [0.4, 0.5) is 0 Å². The number of hydrogen-bond donors (Lipinski definition) is 1. The number of aromatic nitrogens is 2. The minimum absolute atomic E-state index is 0.168. The summed E-state index contributed by atoms with van der Waals surface area (Å²) in [6.07, 6.45) is 1.19. The number of carbonyl (C=O) groups is 1. The zero-order valence-corrected chi connectivity index (χ0v) is 17.3. The van der Waals surface area contributed by atoms with Crippen LogP contribution in [0.2, 0.25) is 0 Å². The Hall–Kier alpha value is -2.64. The number of rotatable bonds is 8. The summed E-state index contributed by atoms with van der Waals surface area (Å²) in [6.45, 7) is 1.81. The fourth-order valence-electron chi connectivity index (χ4n) is 3.07. The summed E-state index contributed by atoms with van der Waals surface area (Å²) < 4.78 is 6.27. The molecular formula is C22H24N2O4S. The van der Waals surface area contributed by atoms with Crippen LogP contribution in [0.25, 0.3) is 10.9 Å². The van der Waals surface area contributed by atoms with Crippen molar-refractivity contribution in [2.45, 2.75) is 37.6 Å². The molecule has 1 heterocycles. The largest absolute Gasteiger partial charge is 0.465 e. The number of hydrogen-bond acceptors (Lipinski definition) is 6. The number of esters is 1. The molecule has 1 N–H and O–H groups in total. The van der Waals surface area contributed by atoms with Gasteiger partial charge in [0.2, 0.25) is 0 Å². The third kappa shape index (κ3) is 5.25. The van der Waals surface area contributed by atoms with E-state index in [0.29, 0.717) is 21.6 Å². The first-order valence-electron chi connectivity index (χ1n) is 9.47. The van der Waals surface area contributed by atoms with Crippen LogP contribution in [-0.2, 0) is 17.7 Å². The highest BCUT2D eigenvalue weighted by atomic mass is 32.2. The van der Waals surface area contributed by atoms with Crippen LogP contribution < -0.4 is 5.56 Å². The van der Waals surface area contributed by atoms with E-state index in [1.807, 2.05) is 18.2 Å². The topological polar surface area (TPSA) is 81.4 Å². The van der Waals surface area contributed by atoms with Crippen molar-refractivity contribution in [1.82, 2.24) is 9.55 Å². The second kappa shape index (κ2) is 9.71. The number of nitrogens with zero attached hydrogens (tertiary/aromatic N) is 2. The van der Waals surface area contributed by atoms with Crippen molar-refractivity contribution < 1.29 is 14.6 Å². The van der Waals surface area contributed by atoms with Crippen molar-refractivity contribution in [1.29, 1.82) is 0 Å². The number of fused-ring (bicyclic) bond motifs is 1. The molecule has 0 fully saturated rings. The number of aliphatic hydroxyl groups excluding tert-OH is 1. The van der Waals surface area contributed by atoms with Crippen molar-refractivity contribution >= 4 is 28.6 Å². The second-order valence-corrected chi connectivity index (χ2v) is 7.88. The molecule has 2 aromatic carbocycles. The molecule has 0 aliphatic carbocycles. The molecule has 0 saturated carbocycles. The lowest BCUT2D eigenvalue weighted by Crippen LogP contribution is -2.28. The minimum Gasteiger partial charge on any atom is -0.465 e. The van der Waals surface area contributed by atoms with Crippen molar-refractivity contribution in [3.8, 4) is 0 Å². The molecule has 7 heteroatoms. The van der Waals surface area contributed by atoms with Crippen LogP contribution >= 0.6 is 11.8 Å². The number of thioether (sulfide) groups is 1. The molecule has 0 unspecified atom stereocenters. The van der Waals surface area contributed by atoms with E-state index in [1.165, 1.54) is 29.0 Å². The summed E-state index contributed by atoms with van der Waals surface area (Å²) in [5.74, 6) is 0.308. The van der Waals surface area contributed by atoms with Gasteiger partial charge in [0.1, 0.15) is 0 Å². The maximum Gasteiger partial charge on any atom is 0.337 e. The lowest BCUT2D eigenvalue weighted by molar-refractivity contribution is 0.0601. The maximum absolute atomic E-state index is 13.0. The molecule has 6 nitrogen and oxygen atoms in total. The number of carbonyl (C=O) groups excluding carboxylic acids is 1. The van der Waals surface area contributed by atoms with Gasteiger partial charge in [0.15, 0.2) is 5.16 Å². The lowest BCUT2D eigenvalue weighted by Gasteiger charge is -2.15. The number of benzene rings is 2. The predicted octanol–water partition coefficient (Wildman–Crippen LogP) is 3.29. The van der Waals surface area contributed by atoms with Crippen LogP contribution in [0.15, 0.2) is 58.5 Å². The van der Waals surface area contributed by atoms with Gasteiger partial charge in [-0.25, -0.2) is 9.78 Å². The van der Waals surface area contributed by atoms with E-state index in [-0.39, 0.29) is 12.1 Å². The summed E-state index contributed by atoms with van der Waals surface area (Å²) in [5, 5.41) is 10.8. The summed E-state index contributed by atoms with van der Waals surface area (Å²) >= 11 is 1.48. The Bertz CT molecular complexity index is 1050. The average molecular weight is 413 g/mol. The maximum atomic E-state index is 13.0.